The number of carbonyl (C=O) groups excluding carboxylic acids is 1. The quantitative estimate of drug-likeness (QED) is 0.721. The molecule has 2 heterocycles. The summed E-state index contributed by atoms with van der Waals surface area (Å²) < 4.78 is 0. The number of nitrogens with two attached hydrogens (primary N) is 1. The summed E-state index contributed by atoms with van der Waals surface area (Å²) in [5, 5.41) is 3.40. The summed E-state index contributed by atoms with van der Waals surface area (Å²) in [7, 11) is 4.21. The van der Waals surface area contributed by atoms with Crippen LogP contribution < -0.4 is 11.1 Å². The van der Waals surface area contributed by atoms with Gasteiger partial charge in [0.15, 0.2) is 0 Å². The molecule has 2 unspecified atom stereocenters. The first-order valence-corrected chi connectivity index (χ1v) is 7.02. The molecule has 2 rings (SSSR count). The Morgan fingerprint density at radius 3 is 2.56 bits per heavy atom. The minimum Gasteiger partial charge on any atom is -0.368 e. The zero-order valence-corrected chi connectivity index (χ0v) is 11.6. The van der Waals surface area contributed by atoms with Gasteiger partial charge in [0.2, 0.25) is 5.91 Å². The van der Waals surface area contributed by atoms with Gasteiger partial charge in [-0.05, 0) is 52.9 Å². The van der Waals surface area contributed by atoms with Gasteiger partial charge in [0, 0.05) is 18.6 Å². The number of piperidine rings is 2. The predicted octanol–water partition coefficient (Wildman–Crippen LogP) is -0.382. The van der Waals surface area contributed by atoms with E-state index >= 15 is 0 Å². The van der Waals surface area contributed by atoms with Crippen molar-refractivity contribution in [3.63, 3.8) is 0 Å². The molecule has 0 saturated carbocycles. The average molecular weight is 254 g/mol. The maximum absolute atomic E-state index is 11.5. The molecule has 5 heteroatoms. The van der Waals surface area contributed by atoms with Gasteiger partial charge in [-0.3, -0.25) is 9.69 Å². The van der Waals surface area contributed by atoms with E-state index in [9.17, 15) is 4.79 Å². The Bertz CT molecular complexity index is 291. The van der Waals surface area contributed by atoms with Crippen LogP contribution >= 0.6 is 0 Å². The van der Waals surface area contributed by atoms with Crippen LogP contribution in [0.15, 0.2) is 0 Å². The summed E-state index contributed by atoms with van der Waals surface area (Å²) in [5.74, 6) is -0.180. The van der Waals surface area contributed by atoms with Gasteiger partial charge in [0.25, 0.3) is 0 Å². The lowest BCUT2D eigenvalue weighted by Gasteiger charge is -2.43. The standard InChI is InChI=1S/C13H26N4O/c1-16-8-5-11(9-12(16)13(14)18)17(2)10-3-6-15-7-4-10/h10-12,15H,3-9H2,1-2H3,(H2,14,18). The minimum absolute atomic E-state index is 0.0899. The lowest BCUT2D eigenvalue weighted by molar-refractivity contribution is -0.124. The zero-order chi connectivity index (χ0) is 13.1. The summed E-state index contributed by atoms with van der Waals surface area (Å²) in [6, 6.07) is 1.07. The molecule has 0 radical (unpaired) electrons. The Morgan fingerprint density at radius 1 is 1.28 bits per heavy atom. The van der Waals surface area contributed by atoms with E-state index in [1.807, 2.05) is 7.05 Å². The smallest absolute Gasteiger partial charge is 0.234 e. The van der Waals surface area contributed by atoms with E-state index in [-0.39, 0.29) is 11.9 Å². The van der Waals surface area contributed by atoms with Gasteiger partial charge in [0.1, 0.15) is 0 Å². The minimum atomic E-state index is -0.180. The number of likely N-dealkylation sites (N-methyl/N-ethyl adjacent to an activating group) is 1. The third kappa shape index (κ3) is 3.02. The number of hydrogen-bond acceptors (Lipinski definition) is 4. The molecule has 0 spiro atoms. The lowest BCUT2D eigenvalue weighted by atomic mass is 9.93. The van der Waals surface area contributed by atoms with Crippen molar-refractivity contribution in [3.8, 4) is 0 Å². The van der Waals surface area contributed by atoms with Gasteiger partial charge in [0.05, 0.1) is 6.04 Å². The number of rotatable bonds is 3. The lowest BCUT2D eigenvalue weighted by Crippen LogP contribution is -2.55. The maximum Gasteiger partial charge on any atom is 0.234 e. The molecule has 2 atom stereocenters. The Labute approximate surface area is 110 Å². The monoisotopic (exact) mass is 254 g/mol. The molecule has 2 saturated heterocycles. The number of primary amides is 1. The molecule has 5 nitrogen and oxygen atoms in total. The van der Waals surface area contributed by atoms with E-state index in [1.54, 1.807) is 0 Å². The van der Waals surface area contributed by atoms with Gasteiger partial charge in [-0.25, -0.2) is 0 Å². The molecule has 2 aliphatic heterocycles. The predicted molar refractivity (Wildman–Crippen MR) is 72.3 cm³/mol. The molecular weight excluding hydrogens is 228 g/mol. The largest absolute Gasteiger partial charge is 0.368 e. The van der Waals surface area contributed by atoms with Crippen LogP contribution in [-0.4, -0.2) is 67.6 Å². The second kappa shape index (κ2) is 5.99. The molecule has 2 fully saturated rings. The maximum atomic E-state index is 11.5. The first-order valence-electron chi connectivity index (χ1n) is 7.02. The molecule has 0 aliphatic carbocycles. The second-order valence-corrected chi connectivity index (χ2v) is 5.72. The van der Waals surface area contributed by atoms with Gasteiger partial charge in [-0.1, -0.05) is 0 Å². The summed E-state index contributed by atoms with van der Waals surface area (Å²) in [4.78, 5) is 16.0. The highest BCUT2D eigenvalue weighted by Gasteiger charge is 2.34. The van der Waals surface area contributed by atoms with E-state index in [2.05, 4.69) is 22.2 Å². The molecule has 0 aromatic carbocycles. The molecule has 0 aromatic rings. The summed E-state index contributed by atoms with van der Waals surface area (Å²) in [5.41, 5.74) is 5.49. The molecule has 18 heavy (non-hydrogen) atoms. The normalized spacial score (nSPS) is 31.7. The fourth-order valence-electron chi connectivity index (χ4n) is 3.28. The molecule has 2 aliphatic rings. The van der Waals surface area contributed by atoms with Crippen molar-refractivity contribution in [3.05, 3.63) is 0 Å². The van der Waals surface area contributed by atoms with Crippen molar-refractivity contribution < 1.29 is 4.79 Å². The van der Waals surface area contributed by atoms with Gasteiger partial charge in [-0.2, -0.15) is 0 Å². The van der Waals surface area contributed by atoms with Crippen LogP contribution in [0.25, 0.3) is 0 Å². The third-order valence-electron chi connectivity index (χ3n) is 4.63. The van der Waals surface area contributed by atoms with Crippen LogP contribution in [0.1, 0.15) is 25.7 Å². The molecule has 0 aromatic heterocycles. The van der Waals surface area contributed by atoms with E-state index in [4.69, 9.17) is 5.73 Å². The average Bonchev–Trinajstić information content (AvgIpc) is 2.39. The van der Waals surface area contributed by atoms with Crippen LogP contribution in [0.5, 0.6) is 0 Å². The molecule has 3 N–H and O–H groups in total. The zero-order valence-electron chi connectivity index (χ0n) is 11.6. The van der Waals surface area contributed by atoms with Crippen molar-refractivity contribution in [2.24, 2.45) is 5.73 Å². The highest BCUT2D eigenvalue weighted by molar-refractivity contribution is 5.80. The Hall–Kier alpha value is -0.650. The molecule has 1 amide bonds. The topological polar surface area (TPSA) is 61.6 Å². The number of hydrogen-bond donors (Lipinski definition) is 2. The van der Waals surface area contributed by atoms with Crippen LogP contribution in [-0.2, 0) is 4.79 Å². The van der Waals surface area contributed by atoms with Crippen LogP contribution in [0.4, 0.5) is 0 Å². The Kier molecular flexibility index (Phi) is 4.59. The van der Waals surface area contributed by atoms with Crippen molar-refractivity contribution in [2.45, 2.75) is 43.8 Å². The fraction of sp³-hybridized carbons (Fsp3) is 0.923. The van der Waals surface area contributed by atoms with Gasteiger partial charge < -0.3 is 16.0 Å². The van der Waals surface area contributed by atoms with Crippen LogP contribution in [0.2, 0.25) is 0 Å². The van der Waals surface area contributed by atoms with Crippen molar-refractivity contribution in [1.82, 2.24) is 15.1 Å². The van der Waals surface area contributed by atoms with Crippen molar-refractivity contribution in [1.29, 1.82) is 0 Å². The van der Waals surface area contributed by atoms with E-state index < -0.39 is 0 Å². The van der Waals surface area contributed by atoms with Crippen LogP contribution in [0.3, 0.4) is 0 Å². The van der Waals surface area contributed by atoms with Gasteiger partial charge >= 0.3 is 0 Å². The van der Waals surface area contributed by atoms with E-state index in [1.165, 1.54) is 12.8 Å². The number of likely N-dealkylation sites (tertiary alicyclic amines) is 1. The highest BCUT2D eigenvalue weighted by Crippen LogP contribution is 2.23. The highest BCUT2D eigenvalue weighted by atomic mass is 16.1. The van der Waals surface area contributed by atoms with Gasteiger partial charge in [-0.15, -0.1) is 0 Å². The molecule has 0 bridgehead atoms. The van der Waals surface area contributed by atoms with Crippen molar-refractivity contribution in [2.75, 3.05) is 33.7 Å². The summed E-state index contributed by atoms with van der Waals surface area (Å²) in [6.45, 7) is 3.19. The second-order valence-electron chi connectivity index (χ2n) is 5.72. The number of nitrogens with one attached hydrogen (secondary N) is 1. The van der Waals surface area contributed by atoms with E-state index in [0.29, 0.717) is 12.1 Å². The fourth-order valence-corrected chi connectivity index (χ4v) is 3.28. The first-order chi connectivity index (χ1) is 8.59. The summed E-state index contributed by atoms with van der Waals surface area (Å²) >= 11 is 0. The number of amides is 1. The number of carbonyl (C=O) groups is 1. The summed E-state index contributed by atoms with van der Waals surface area (Å²) in [6.07, 6.45) is 4.45. The SMILES string of the molecule is CN1CCC(N(C)C2CCNCC2)CC1C(N)=O. The number of nitrogens with zero attached hydrogens (tertiary/aromatic N) is 2. The van der Waals surface area contributed by atoms with Crippen molar-refractivity contribution >= 4 is 5.91 Å². The first kappa shape index (κ1) is 13.8. The Balaban J connectivity index is 1.93. The molecular formula is C13H26N4O. The van der Waals surface area contributed by atoms with E-state index in [0.717, 1.165) is 32.5 Å². The molecule has 104 valence electrons. The third-order valence-corrected chi connectivity index (χ3v) is 4.63. The van der Waals surface area contributed by atoms with Crippen LogP contribution in [0, 0.1) is 0 Å². The Morgan fingerprint density at radius 2 is 1.94 bits per heavy atom.